The number of nitrogens with zero attached hydrogens (tertiary/aromatic N) is 1. The van der Waals surface area contributed by atoms with E-state index < -0.39 is 21.7 Å². The molecule has 10 heteroatoms. The van der Waals surface area contributed by atoms with E-state index in [1.54, 1.807) is 19.2 Å². The minimum absolute atomic E-state index is 0. The molecule has 1 aromatic rings. The molecule has 26 heavy (non-hydrogen) atoms. The van der Waals surface area contributed by atoms with Crippen LogP contribution in [0.4, 0.5) is 4.39 Å². The smallest absolute Gasteiger partial charge is 0.222 e. The van der Waals surface area contributed by atoms with Gasteiger partial charge in [-0.05, 0) is 30.5 Å². The lowest BCUT2D eigenvalue weighted by Crippen LogP contribution is -2.47. The lowest BCUT2D eigenvalue weighted by molar-refractivity contribution is -0.121. The van der Waals surface area contributed by atoms with E-state index in [0.29, 0.717) is 18.8 Å². The molecule has 0 bridgehead atoms. The van der Waals surface area contributed by atoms with Crippen LogP contribution in [0.2, 0.25) is 0 Å². The molecule has 1 heterocycles. The number of amides is 1. The van der Waals surface area contributed by atoms with Crippen LogP contribution in [0.3, 0.4) is 0 Å². The molecule has 0 aliphatic carbocycles. The van der Waals surface area contributed by atoms with Crippen LogP contribution in [-0.2, 0) is 21.1 Å². The van der Waals surface area contributed by atoms with E-state index in [0.717, 1.165) is 5.56 Å². The van der Waals surface area contributed by atoms with Gasteiger partial charge in [-0.3, -0.25) is 9.79 Å². The van der Waals surface area contributed by atoms with E-state index in [9.17, 15) is 17.6 Å². The monoisotopic (exact) mass is 498 g/mol. The summed E-state index contributed by atoms with van der Waals surface area (Å²) >= 11 is 0. The maximum atomic E-state index is 13.0. The molecule has 2 atom stereocenters. The zero-order chi connectivity index (χ0) is 18.4. The van der Waals surface area contributed by atoms with E-state index in [1.807, 2.05) is 0 Å². The largest absolute Gasteiger partial charge is 0.369 e. The van der Waals surface area contributed by atoms with Gasteiger partial charge in [0.2, 0.25) is 5.91 Å². The fourth-order valence-electron chi connectivity index (χ4n) is 2.70. The van der Waals surface area contributed by atoms with Gasteiger partial charge in [0.25, 0.3) is 0 Å². The van der Waals surface area contributed by atoms with Crippen LogP contribution in [0.25, 0.3) is 0 Å². The molecular formula is C16H24FIN4O3S. The fourth-order valence-corrected chi connectivity index (χ4v) is 4.37. The zero-order valence-electron chi connectivity index (χ0n) is 14.4. The number of aliphatic imine (C=N–C) groups is 1. The Morgan fingerprint density at radius 2 is 2.04 bits per heavy atom. The molecule has 2 unspecified atom stereocenters. The normalized spacial score (nSPS) is 20.1. The van der Waals surface area contributed by atoms with Gasteiger partial charge >= 0.3 is 0 Å². The van der Waals surface area contributed by atoms with Crippen LogP contribution in [0, 0.1) is 11.7 Å². The first kappa shape index (κ1) is 22.6. The summed E-state index contributed by atoms with van der Waals surface area (Å²) in [4.78, 5) is 15.7. The lowest BCUT2D eigenvalue weighted by Gasteiger charge is -2.19. The van der Waals surface area contributed by atoms with Crippen LogP contribution >= 0.6 is 24.0 Å². The predicted molar refractivity (Wildman–Crippen MR) is 110 cm³/mol. The Morgan fingerprint density at radius 3 is 2.54 bits per heavy atom. The number of carbonyl (C=O) groups is 1. The van der Waals surface area contributed by atoms with Crippen LogP contribution in [-0.4, -0.2) is 51.4 Å². The minimum atomic E-state index is -2.99. The molecule has 7 nitrogen and oxygen atoms in total. The summed E-state index contributed by atoms with van der Waals surface area (Å²) in [5.74, 6) is -0.660. The molecule has 1 fully saturated rings. The van der Waals surface area contributed by atoms with Crippen LogP contribution < -0.4 is 16.4 Å². The molecule has 1 aromatic carbocycles. The highest BCUT2D eigenvalue weighted by Gasteiger charge is 2.28. The number of hydrogen-bond acceptors (Lipinski definition) is 4. The Bertz CT molecular complexity index is 740. The van der Waals surface area contributed by atoms with Crippen molar-refractivity contribution < 1.29 is 17.6 Å². The van der Waals surface area contributed by atoms with Crippen molar-refractivity contribution in [1.82, 2.24) is 10.6 Å². The minimum Gasteiger partial charge on any atom is -0.369 e. The van der Waals surface area contributed by atoms with Gasteiger partial charge in [0.15, 0.2) is 15.8 Å². The van der Waals surface area contributed by atoms with Gasteiger partial charge in [-0.1, -0.05) is 12.1 Å². The highest BCUT2D eigenvalue weighted by Crippen LogP contribution is 2.12. The van der Waals surface area contributed by atoms with Crippen molar-refractivity contribution >= 4 is 45.7 Å². The molecule has 0 spiro atoms. The summed E-state index contributed by atoms with van der Waals surface area (Å²) in [7, 11) is -1.42. The summed E-state index contributed by atoms with van der Waals surface area (Å²) in [5.41, 5.74) is 6.25. The van der Waals surface area contributed by atoms with E-state index in [-0.39, 0.29) is 53.9 Å². The topological polar surface area (TPSA) is 114 Å². The van der Waals surface area contributed by atoms with E-state index in [4.69, 9.17) is 5.73 Å². The third kappa shape index (κ3) is 7.06. The summed E-state index contributed by atoms with van der Waals surface area (Å²) in [6.07, 6.45) is 0.898. The van der Waals surface area contributed by atoms with Crippen molar-refractivity contribution in [3.05, 3.63) is 35.6 Å². The van der Waals surface area contributed by atoms with E-state index in [2.05, 4.69) is 15.6 Å². The van der Waals surface area contributed by atoms with Crippen LogP contribution in [0.5, 0.6) is 0 Å². The third-order valence-corrected chi connectivity index (χ3v) is 5.88. The van der Waals surface area contributed by atoms with Gasteiger partial charge in [0.1, 0.15) is 5.82 Å². The molecule has 0 saturated carbocycles. The number of benzene rings is 1. The number of sulfone groups is 1. The van der Waals surface area contributed by atoms with Gasteiger partial charge in [0, 0.05) is 19.6 Å². The third-order valence-electron chi connectivity index (χ3n) is 4.11. The molecule has 0 aromatic heterocycles. The molecule has 1 aliphatic rings. The van der Waals surface area contributed by atoms with Gasteiger partial charge in [-0.25, -0.2) is 12.8 Å². The number of rotatable bonds is 6. The summed E-state index contributed by atoms with van der Waals surface area (Å²) in [6.45, 7) is 0.242. The van der Waals surface area contributed by atoms with Crippen LogP contribution in [0.15, 0.2) is 29.3 Å². The number of halogens is 2. The van der Waals surface area contributed by atoms with E-state index >= 15 is 0 Å². The molecule has 1 aliphatic heterocycles. The molecule has 146 valence electrons. The Balaban J connectivity index is 0.00000338. The Kier molecular flexibility index (Phi) is 8.74. The second-order valence-corrected chi connectivity index (χ2v) is 8.36. The Morgan fingerprint density at radius 1 is 1.38 bits per heavy atom. The average Bonchev–Trinajstić information content (AvgIpc) is 2.90. The van der Waals surface area contributed by atoms with Gasteiger partial charge in [0.05, 0.1) is 17.4 Å². The van der Waals surface area contributed by atoms with E-state index in [1.165, 1.54) is 12.1 Å². The summed E-state index contributed by atoms with van der Waals surface area (Å²) < 4.78 is 36.0. The highest BCUT2D eigenvalue weighted by molar-refractivity contribution is 14.0. The molecule has 0 radical (unpaired) electrons. The van der Waals surface area contributed by atoms with Crippen molar-refractivity contribution in [2.45, 2.75) is 18.9 Å². The lowest BCUT2D eigenvalue weighted by atomic mass is 9.98. The molecule has 4 N–H and O–H groups in total. The molecule has 1 saturated heterocycles. The van der Waals surface area contributed by atoms with Crippen molar-refractivity contribution in [1.29, 1.82) is 0 Å². The van der Waals surface area contributed by atoms with Gasteiger partial charge < -0.3 is 16.4 Å². The molecule has 1 amide bonds. The second kappa shape index (κ2) is 10.0. The fraction of sp³-hybridized carbons (Fsp3) is 0.500. The number of hydrogen-bond donors (Lipinski definition) is 3. The molecular weight excluding hydrogens is 474 g/mol. The predicted octanol–water partition coefficient (Wildman–Crippen LogP) is 0.440. The van der Waals surface area contributed by atoms with Crippen molar-refractivity contribution in [2.24, 2.45) is 16.6 Å². The van der Waals surface area contributed by atoms with Gasteiger partial charge in [-0.15, -0.1) is 24.0 Å². The first-order chi connectivity index (χ1) is 11.8. The first-order valence-electron chi connectivity index (χ1n) is 8.00. The maximum Gasteiger partial charge on any atom is 0.222 e. The summed E-state index contributed by atoms with van der Waals surface area (Å²) in [5, 5.41) is 6.05. The van der Waals surface area contributed by atoms with Gasteiger partial charge in [-0.2, -0.15) is 0 Å². The highest BCUT2D eigenvalue weighted by atomic mass is 127. The SMILES string of the molecule is CN=C(NCC(Cc1ccc(F)cc1)C(N)=O)NC1CCS(=O)(=O)C1.I. The van der Waals surface area contributed by atoms with Crippen molar-refractivity contribution in [3.8, 4) is 0 Å². The van der Waals surface area contributed by atoms with Crippen molar-refractivity contribution in [3.63, 3.8) is 0 Å². The number of primary amides is 1. The number of nitrogens with one attached hydrogen (secondary N) is 2. The summed E-state index contributed by atoms with van der Waals surface area (Å²) in [6, 6.07) is 5.70. The first-order valence-corrected chi connectivity index (χ1v) is 9.82. The Labute approximate surface area is 170 Å². The number of nitrogens with two attached hydrogens (primary N) is 1. The Hall–Kier alpha value is -1.43. The number of guanidine groups is 1. The standard InChI is InChI=1S/C16H23FN4O3S.HI/c1-19-16(21-14-6-7-25(23,24)10-14)20-9-12(15(18)22)8-11-2-4-13(17)5-3-11;/h2-5,12,14H,6-10H2,1H3,(H2,18,22)(H2,19,20,21);1H. The zero-order valence-corrected chi connectivity index (χ0v) is 17.6. The molecule has 2 rings (SSSR count). The second-order valence-electron chi connectivity index (χ2n) is 6.13. The number of carbonyl (C=O) groups excluding carboxylic acids is 1. The van der Waals surface area contributed by atoms with Crippen molar-refractivity contribution in [2.75, 3.05) is 25.1 Å². The maximum absolute atomic E-state index is 13.0. The average molecular weight is 498 g/mol. The van der Waals surface area contributed by atoms with Crippen LogP contribution in [0.1, 0.15) is 12.0 Å². The quantitative estimate of drug-likeness (QED) is 0.299.